The second-order valence-corrected chi connectivity index (χ2v) is 3.04. The van der Waals surface area contributed by atoms with Crippen molar-refractivity contribution in [1.29, 1.82) is 0 Å². The molecule has 6 heteroatoms. The molecule has 0 aliphatic carbocycles. The van der Waals surface area contributed by atoms with Gasteiger partial charge in [-0.1, -0.05) is 6.08 Å². The molecule has 1 aromatic heterocycles. The van der Waals surface area contributed by atoms with Crippen LogP contribution in [0.1, 0.15) is 17.7 Å². The molecule has 0 aromatic carbocycles. The number of halogens is 3. The summed E-state index contributed by atoms with van der Waals surface area (Å²) in [5, 5.41) is 0. The van der Waals surface area contributed by atoms with E-state index in [1.54, 1.807) is 0 Å². The van der Waals surface area contributed by atoms with Crippen molar-refractivity contribution in [2.24, 2.45) is 5.73 Å². The standard InChI is InChI=1S/C10H9F3N2O/c11-10(12,13)7-4-5-8(15-6-7)2-1-3-9(14)16/h1-2,4-6H,3H2,(H2,14,16). The van der Waals surface area contributed by atoms with Crippen LogP contribution in [0.5, 0.6) is 0 Å². The van der Waals surface area contributed by atoms with E-state index < -0.39 is 17.6 Å². The molecule has 1 amide bonds. The minimum Gasteiger partial charge on any atom is -0.369 e. The van der Waals surface area contributed by atoms with Crippen molar-refractivity contribution < 1.29 is 18.0 Å². The lowest BCUT2D eigenvalue weighted by molar-refractivity contribution is -0.137. The monoisotopic (exact) mass is 230 g/mol. The number of pyridine rings is 1. The lowest BCUT2D eigenvalue weighted by Gasteiger charge is -2.05. The Labute approximate surface area is 89.8 Å². The highest BCUT2D eigenvalue weighted by Gasteiger charge is 2.30. The zero-order valence-corrected chi connectivity index (χ0v) is 8.16. The van der Waals surface area contributed by atoms with Gasteiger partial charge in [0, 0.05) is 12.6 Å². The van der Waals surface area contributed by atoms with Crippen molar-refractivity contribution in [2.45, 2.75) is 12.6 Å². The molecule has 2 N–H and O–H groups in total. The predicted molar refractivity (Wildman–Crippen MR) is 52.1 cm³/mol. The van der Waals surface area contributed by atoms with E-state index in [2.05, 4.69) is 4.98 Å². The maximum atomic E-state index is 12.2. The summed E-state index contributed by atoms with van der Waals surface area (Å²) >= 11 is 0. The molecular formula is C10H9F3N2O. The Kier molecular flexibility index (Phi) is 3.65. The number of hydrogen-bond donors (Lipinski definition) is 1. The summed E-state index contributed by atoms with van der Waals surface area (Å²) < 4.78 is 36.5. The van der Waals surface area contributed by atoms with Crippen LogP contribution in [-0.2, 0) is 11.0 Å². The van der Waals surface area contributed by atoms with Crippen LogP contribution >= 0.6 is 0 Å². The minimum absolute atomic E-state index is 0.0305. The Bertz CT molecular complexity index is 396. The molecule has 1 rings (SSSR count). The Morgan fingerprint density at radius 1 is 1.44 bits per heavy atom. The van der Waals surface area contributed by atoms with Crippen molar-refractivity contribution in [3.05, 3.63) is 35.7 Å². The highest BCUT2D eigenvalue weighted by Crippen LogP contribution is 2.28. The maximum absolute atomic E-state index is 12.2. The van der Waals surface area contributed by atoms with Gasteiger partial charge in [0.15, 0.2) is 0 Å². The molecule has 1 heterocycles. The first kappa shape index (κ1) is 12.2. The van der Waals surface area contributed by atoms with E-state index in [-0.39, 0.29) is 6.42 Å². The zero-order chi connectivity index (χ0) is 12.2. The summed E-state index contributed by atoms with van der Waals surface area (Å²) in [6, 6.07) is 2.15. The van der Waals surface area contributed by atoms with E-state index in [1.165, 1.54) is 18.2 Å². The summed E-state index contributed by atoms with van der Waals surface area (Å²) in [5.41, 5.74) is 4.41. The number of carbonyl (C=O) groups excluding carboxylic acids is 1. The zero-order valence-electron chi connectivity index (χ0n) is 8.16. The molecule has 0 fully saturated rings. The molecule has 1 aromatic rings. The second kappa shape index (κ2) is 4.78. The van der Waals surface area contributed by atoms with Crippen LogP contribution in [-0.4, -0.2) is 10.9 Å². The van der Waals surface area contributed by atoms with Crippen LogP contribution in [0.3, 0.4) is 0 Å². The topological polar surface area (TPSA) is 56.0 Å². The number of aromatic nitrogens is 1. The third-order valence-electron chi connectivity index (χ3n) is 1.72. The number of nitrogens with two attached hydrogens (primary N) is 1. The van der Waals surface area contributed by atoms with Gasteiger partial charge in [-0.2, -0.15) is 13.2 Å². The van der Waals surface area contributed by atoms with Gasteiger partial charge in [0.05, 0.1) is 11.3 Å². The van der Waals surface area contributed by atoms with E-state index >= 15 is 0 Å². The minimum atomic E-state index is -4.39. The van der Waals surface area contributed by atoms with Gasteiger partial charge in [-0.15, -0.1) is 0 Å². The number of primary amides is 1. The van der Waals surface area contributed by atoms with E-state index in [9.17, 15) is 18.0 Å². The molecule has 0 radical (unpaired) electrons. The van der Waals surface area contributed by atoms with E-state index in [4.69, 9.17) is 5.73 Å². The van der Waals surface area contributed by atoms with E-state index in [1.807, 2.05) is 0 Å². The van der Waals surface area contributed by atoms with Crippen LogP contribution in [0, 0.1) is 0 Å². The fraction of sp³-hybridized carbons (Fsp3) is 0.200. The Balaban J connectivity index is 2.72. The molecule has 3 nitrogen and oxygen atoms in total. The average molecular weight is 230 g/mol. The third kappa shape index (κ3) is 3.72. The number of nitrogens with zero attached hydrogens (tertiary/aromatic N) is 1. The van der Waals surface area contributed by atoms with E-state index in [0.29, 0.717) is 5.69 Å². The predicted octanol–water partition coefficient (Wildman–Crippen LogP) is 1.99. The van der Waals surface area contributed by atoms with Gasteiger partial charge in [-0.25, -0.2) is 0 Å². The van der Waals surface area contributed by atoms with Crippen molar-refractivity contribution in [3.8, 4) is 0 Å². The molecular weight excluding hydrogens is 221 g/mol. The summed E-state index contributed by atoms with van der Waals surface area (Å²) in [4.78, 5) is 14.0. The molecule has 0 bridgehead atoms. The molecule has 0 saturated heterocycles. The van der Waals surface area contributed by atoms with Gasteiger partial charge in [-0.05, 0) is 18.2 Å². The largest absolute Gasteiger partial charge is 0.417 e. The SMILES string of the molecule is NC(=O)CC=Cc1ccc(C(F)(F)F)cn1. The van der Waals surface area contributed by atoms with Gasteiger partial charge >= 0.3 is 6.18 Å². The quantitative estimate of drug-likeness (QED) is 0.863. The normalized spacial score (nSPS) is 11.9. The van der Waals surface area contributed by atoms with Crippen LogP contribution in [0.4, 0.5) is 13.2 Å². The number of amides is 1. The van der Waals surface area contributed by atoms with Crippen molar-refractivity contribution in [1.82, 2.24) is 4.98 Å². The van der Waals surface area contributed by atoms with Crippen LogP contribution in [0.15, 0.2) is 24.4 Å². The number of hydrogen-bond acceptors (Lipinski definition) is 2. The first-order valence-electron chi connectivity index (χ1n) is 4.37. The molecule has 86 valence electrons. The smallest absolute Gasteiger partial charge is 0.369 e. The van der Waals surface area contributed by atoms with E-state index in [0.717, 1.165) is 12.3 Å². The average Bonchev–Trinajstić information content (AvgIpc) is 2.16. The van der Waals surface area contributed by atoms with Crippen LogP contribution < -0.4 is 5.73 Å². The number of rotatable bonds is 3. The summed E-state index contributed by atoms with van der Waals surface area (Å²) in [6.07, 6.45) is -0.738. The van der Waals surface area contributed by atoms with Crippen molar-refractivity contribution in [3.63, 3.8) is 0 Å². The van der Waals surface area contributed by atoms with Gasteiger partial charge in [0.2, 0.25) is 5.91 Å². The number of alkyl halides is 3. The highest BCUT2D eigenvalue weighted by atomic mass is 19.4. The second-order valence-electron chi connectivity index (χ2n) is 3.04. The van der Waals surface area contributed by atoms with Gasteiger partial charge in [-0.3, -0.25) is 9.78 Å². The van der Waals surface area contributed by atoms with Crippen LogP contribution in [0.25, 0.3) is 6.08 Å². The first-order chi connectivity index (χ1) is 7.39. The molecule has 0 saturated carbocycles. The molecule has 0 unspecified atom stereocenters. The van der Waals surface area contributed by atoms with Gasteiger partial charge in [0.1, 0.15) is 0 Å². The van der Waals surface area contributed by atoms with Gasteiger partial charge < -0.3 is 5.73 Å². The Morgan fingerprint density at radius 3 is 2.56 bits per heavy atom. The first-order valence-corrected chi connectivity index (χ1v) is 4.37. The van der Waals surface area contributed by atoms with Crippen LogP contribution in [0.2, 0.25) is 0 Å². The third-order valence-corrected chi connectivity index (χ3v) is 1.72. The molecule has 0 aliphatic rings. The molecule has 16 heavy (non-hydrogen) atoms. The summed E-state index contributed by atoms with van der Waals surface area (Å²) in [7, 11) is 0. The lowest BCUT2D eigenvalue weighted by Crippen LogP contribution is -2.08. The highest BCUT2D eigenvalue weighted by molar-refractivity contribution is 5.76. The Morgan fingerprint density at radius 2 is 2.12 bits per heavy atom. The number of carbonyl (C=O) groups is 1. The molecule has 0 atom stereocenters. The maximum Gasteiger partial charge on any atom is 0.417 e. The summed E-state index contributed by atoms with van der Waals surface area (Å²) in [5.74, 6) is -0.511. The lowest BCUT2D eigenvalue weighted by atomic mass is 10.2. The molecule has 0 spiro atoms. The molecule has 0 aliphatic heterocycles. The van der Waals surface area contributed by atoms with Gasteiger partial charge in [0.25, 0.3) is 0 Å². The van der Waals surface area contributed by atoms with Crippen molar-refractivity contribution in [2.75, 3.05) is 0 Å². The fourth-order valence-electron chi connectivity index (χ4n) is 0.967. The summed E-state index contributed by atoms with van der Waals surface area (Å²) in [6.45, 7) is 0. The fourth-order valence-corrected chi connectivity index (χ4v) is 0.967. The van der Waals surface area contributed by atoms with Crippen molar-refractivity contribution >= 4 is 12.0 Å². The Hall–Kier alpha value is -1.85.